The molecule has 2 aromatic carbocycles. The number of nitrogens with two attached hydrogens (primary N) is 1. The van der Waals surface area contributed by atoms with E-state index >= 15 is 0 Å². The first-order chi connectivity index (χ1) is 13.5. The van der Waals surface area contributed by atoms with Gasteiger partial charge in [-0.2, -0.15) is 5.26 Å². The highest BCUT2D eigenvalue weighted by molar-refractivity contribution is 5.88. The number of nitriles is 1. The van der Waals surface area contributed by atoms with E-state index in [1.807, 2.05) is 49.4 Å². The van der Waals surface area contributed by atoms with Crippen molar-refractivity contribution in [1.29, 1.82) is 5.26 Å². The van der Waals surface area contributed by atoms with Crippen molar-refractivity contribution in [2.75, 3.05) is 13.1 Å². The number of piperidine rings is 1. The zero-order valence-electron chi connectivity index (χ0n) is 15.9. The van der Waals surface area contributed by atoms with Crippen molar-refractivity contribution in [2.24, 2.45) is 5.73 Å². The Bertz CT molecular complexity index is 901. The topological polar surface area (TPSA) is 99.2 Å². The molecule has 2 aromatic rings. The second-order valence-electron chi connectivity index (χ2n) is 7.11. The SMILES string of the molecule is CC(NC(=O)CN1CCCC(N)C1=O)c1ccc(-c2cccc(C#N)c2)cc1. The molecule has 0 aliphatic carbocycles. The average Bonchev–Trinajstić information content (AvgIpc) is 2.71. The van der Waals surface area contributed by atoms with Gasteiger partial charge in [-0.1, -0.05) is 36.4 Å². The van der Waals surface area contributed by atoms with E-state index < -0.39 is 6.04 Å². The fraction of sp³-hybridized carbons (Fsp3) is 0.318. The van der Waals surface area contributed by atoms with Crippen LogP contribution in [0, 0.1) is 11.3 Å². The predicted octanol–water partition coefficient (Wildman–Crippen LogP) is 2.35. The molecule has 1 heterocycles. The summed E-state index contributed by atoms with van der Waals surface area (Å²) in [5.74, 6) is -0.348. The van der Waals surface area contributed by atoms with E-state index in [9.17, 15) is 9.59 Å². The Morgan fingerprint density at radius 3 is 2.75 bits per heavy atom. The van der Waals surface area contributed by atoms with Crippen LogP contribution in [0.15, 0.2) is 48.5 Å². The standard InChI is InChI=1S/C22H24N4O2/c1-15(25-21(27)14-26-11-3-6-20(24)22(26)28)17-7-9-18(10-8-17)19-5-2-4-16(12-19)13-23/h2,4-5,7-10,12,15,20H,3,6,11,14,24H2,1H3,(H,25,27). The molecule has 2 atom stereocenters. The average molecular weight is 376 g/mol. The molecule has 1 aliphatic heterocycles. The molecule has 1 aliphatic rings. The molecule has 0 saturated carbocycles. The second kappa shape index (κ2) is 8.68. The number of carbonyl (C=O) groups excluding carboxylic acids is 2. The van der Waals surface area contributed by atoms with E-state index in [1.165, 1.54) is 4.90 Å². The van der Waals surface area contributed by atoms with Gasteiger partial charge in [0.15, 0.2) is 0 Å². The Labute approximate surface area is 164 Å². The van der Waals surface area contributed by atoms with Gasteiger partial charge >= 0.3 is 0 Å². The first-order valence-electron chi connectivity index (χ1n) is 9.42. The summed E-state index contributed by atoms with van der Waals surface area (Å²) < 4.78 is 0. The highest BCUT2D eigenvalue weighted by Gasteiger charge is 2.27. The van der Waals surface area contributed by atoms with Gasteiger partial charge in [0.25, 0.3) is 0 Å². The minimum atomic E-state index is -0.494. The number of carbonyl (C=O) groups is 2. The second-order valence-corrected chi connectivity index (χ2v) is 7.11. The monoisotopic (exact) mass is 376 g/mol. The lowest BCUT2D eigenvalue weighted by Gasteiger charge is -2.30. The summed E-state index contributed by atoms with van der Waals surface area (Å²) in [5.41, 5.74) is 9.34. The molecule has 3 rings (SSSR count). The minimum Gasteiger partial charge on any atom is -0.348 e. The Hall–Kier alpha value is -3.17. The zero-order valence-corrected chi connectivity index (χ0v) is 15.9. The van der Waals surface area contributed by atoms with Gasteiger partial charge in [-0.25, -0.2) is 0 Å². The van der Waals surface area contributed by atoms with Crippen molar-refractivity contribution in [3.8, 4) is 17.2 Å². The lowest BCUT2D eigenvalue weighted by Crippen LogP contribution is -2.51. The van der Waals surface area contributed by atoms with Crippen molar-refractivity contribution >= 4 is 11.8 Å². The van der Waals surface area contributed by atoms with Crippen LogP contribution in [0.5, 0.6) is 0 Å². The number of hydrogen-bond donors (Lipinski definition) is 2. The fourth-order valence-electron chi connectivity index (χ4n) is 3.40. The van der Waals surface area contributed by atoms with Crippen molar-refractivity contribution < 1.29 is 9.59 Å². The van der Waals surface area contributed by atoms with E-state index in [0.29, 0.717) is 18.5 Å². The van der Waals surface area contributed by atoms with E-state index in [-0.39, 0.29) is 24.4 Å². The van der Waals surface area contributed by atoms with E-state index in [0.717, 1.165) is 23.1 Å². The molecule has 28 heavy (non-hydrogen) atoms. The number of benzene rings is 2. The lowest BCUT2D eigenvalue weighted by molar-refractivity contribution is -0.139. The Morgan fingerprint density at radius 1 is 1.29 bits per heavy atom. The maximum atomic E-state index is 12.3. The maximum absolute atomic E-state index is 12.3. The summed E-state index contributed by atoms with van der Waals surface area (Å²) in [6.07, 6.45) is 1.50. The Morgan fingerprint density at radius 2 is 2.04 bits per heavy atom. The van der Waals surface area contributed by atoms with Gasteiger partial charge in [0.2, 0.25) is 11.8 Å². The van der Waals surface area contributed by atoms with Gasteiger partial charge in [0.05, 0.1) is 30.3 Å². The van der Waals surface area contributed by atoms with Crippen LogP contribution in [0.25, 0.3) is 11.1 Å². The van der Waals surface area contributed by atoms with Gasteiger partial charge in [-0.05, 0) is 48.6 Å². The summed E-state index contributed by atoms with van der Waals surface area (Å²) >= 11 is 0. The van der Waals surface area contributed by atoms with E-state index in [4.69, 9.17) is 11.0 Å². The van der Waals surface area contributed by atoms with Crippen LogP contribution in [-0.4, -0.2) is 35.8 Å². The molecule has 3 N–H and O–H groups in total. The molecule has 0 spiro atoms. The summed E-state index contributed by atoms with van der Waals surface area (Å²) in [5, 5.41) is 12.0. The smallest absolute Gasteiger partial charge is 0.240 e. The van der Waals surface area contributed by atoms with Crippen molar-refractivity contribution in [1.82, 2.24) is 10.2 Å². The molecule has 0 radical (unpaired) electrons. The molecule has 2 amide bonds. The maximum Gasteiger partial charge on any atom is 0.240 e. The first kappa shape index (κ1) is 19.6. The van der Waals surface area contributed by atoms with E-state index in [2.05, 4.69) is 11.4 Å². The third-order valence-corrected chi connectivity index (χ3v) is 5.02. The normalized spacial score (nSPS) is 17.7. The predicted molar refractivity (Wildman–Crippen MR) is 107 cm³/mol. The molecule has 1 fully saturated rings. The van der Waals surface area contributed by atoms with Crippen LogP contribution in [0.4, 0.5) is 0 Å². The quantitative estimate of drug-likeness (QED) is 0.837. The molecule has 0 aromatic heterocycles. The third-order valence-electron chi connectivity index (χ3n) is 5.02. The van der Waals surface area contributed by atoms with Crippen LogP contribution in [0.1, 0.15) is 36.9 Å². The van der Waals surface area contributed by atoms with Crippen LogP contribution in [0.2, 0.25) is 0 Å². The van der Waals surface area contributed by atoms with Crippen LogP contribution < -0.4 is 11.1 Å². The molecule has 0 bridgehead atoms. The van der Waals surface area contributed by atoms with Crippen LogP contribution >= 0.6 is 0 Å². The molecule has 1 saturated heterocycles. The lowest BCUT2D eigenvalue weighted by atomic mass is 10.00. The minimum absolute atomic E-state index is 0.0376. The molecular weight excluding hydrogens is 352 g/mol. The van der Waals surface area contributed by atoms with Gasteiger partial charge in [-0.3, -0.25) is 9.59 Å². The summed E-state index contributed by atoms with van der Waals surface area (Å²) in [4.78, 5) is 25.9. The summed E-state index contributed by atoms with van der Waals surface area (Å²) in [6.45, 7) is 2.52. The Kier molecular flexibility index (Phi) is 6.07. The molecular formula is C22H24N4O2. The zero-order chi connectivity index (χ0) is 20.1. The number of hydrogen-bond acceptors (Lipinski definition) is 4. The number of amides is 2. The Balaban J connectivity index is 1.61. The summed E-state index contributed by atoms with van der Waals surface area (Å²) in [6, 6.07) is 16.8. The van der Waals surface area contributed by atoms with E-state index in [1.54, 1.807) is 6.07 Å². The third kappa shape index (κ3) is 4.56. The van der Waals surface area contributed by atoms with Crippen LogP contribution in [-0.2, 0) is 9.59 Å². The summed E-state index contributed by atoms with van der Waals surface area (Å²) in [7, 11) is 0. The van der Waals surface area contributed by atoms with Crippen LogP contribution in [0.3, 0.4) is 0 Å². The highest BCUT2D eigenvalue weighted by Crippen LogP contribution is 2.23. The largest absolute Gasteiger partial charge is 0.348 e. The highest BCUT2D eigenvalue weighted by atomic mass is 16.2. The van der Waals surface area contributed by atoms with Crippen molar-refractivity contribution in [3.05, 3.63) is 59.7 Å². The number of nitrogens with zero attached hydrogens (tertiary/aromatic N) is 2. The molecule has 144 valence electrons. The van der Waals surface area contributed by atoms with Gasteiger partial charge in [0.1, 0.15) is 0 Å². The molecule has 6 heteroatoms. The van der Waals surface area contributed by atoms with Crippen molar-refractivity contribution in [3.63, 3.8) is 0 Å². The number of likely N-dealkylation sites (tertiary alicyclic amines) is 1. The fourth-order valence-corrected chi connectivity index (χ4v) is 3.40. The van der Waals surface area contributed by atoms with Gasteiger partial charge in [0, 0.05) is 6.54 Å². The first-order valence-corrected chi connectivity index (χ1v) is 9.42. The van der Waals surface area contributed by atoms with Gasteiger partial charge in [-0.15, -0.1) is 0 Å². The molecule has 2 unspecified atom stereocenters. The molecule has 6 nitrogen and oxygen atoms in total. The number of rotatable bonds is 5. The van der Waals surface area contributed by atoms with Crippen molar-refractivity contribution in [2.45, 2.75) is 31.8 Å². The number of nitrogens with one attached hydrogen (secondary N) is 1. The van der Waals surface area contributed by atoms with Gasteiger partial charge < -0.3 is 16.0 Å².